The summed E-state index contributed by atoms with van der Waals surface area (Å²) in [7, 11) is 1.76. The third-order valence-corrected chi connectivity index (χ3v) is 5.99. The highest BCUT2D eigenvalue weighted by molar-refractivity contribution is 7.99. The van der Waals surface area contributed by atoms with E-state index in [1.165, 1.54) is 12.4 Å². The number of thiophene rings is 1. The average molecular weight is 403 g/mol. The van der Waals surface area contributed by atoms with Crippen LogP contribution in [0.3, 0.4) is 0 Å². The number of hydrogen-bond donors (Lipinski definition) is 1. The molecule has 1 aromatic carbocycles. The van der Waals surface area contributed by atoms with Crippen LogP contribution < -0.4 is 5.32 Å². The minimum absolute atomic E-state index is 0.121. The van der Waals surface area contributed by atoms with Crippen molar-refractivity contribution in [2.45, 2.75) is 29.4 Å². The lowest BCUT2D eigenvalue weighted by atomic mass is 10.1. The van der Waals surface area contributed by atoms with Gasteiger partial charge in [-0.1, -0.05) is 13.0 Å². The molecule has 0 bridgehead atoms. The normalized spacial score (nSPS) is 11.9. The van der Waals surface area contributed by atoms with Crippen LogP contribution in [0.5, 0.6) is 0 Å². The number of aromatic nitrogens is 3. The predicted molar refractivity (Wildman–Crippen MR) is 103 cm³/mol. The number of rotatable bonds is 7. The van der Waals surface area contributed by atoms with Crippen LogP contribution in [0.2, 0.25) is 0 Å². The molecule has 0 saturated heterocycles. The lowest BCUT2D eigenvalue weighted by molar-refractivity contribution is -0.387. The molecular formula is C17H17N5O3S2. The van der Waals surface area contributed by atoms with Crippen LogP contribution in [-0.4, -0.2) is 25.6 Å². The Bertz CT molecular complexity index is 955. The SMILES string of the molecule is CCC(NC(=O)c1ccc(Sc2nncn2C)c([N+](=O)[O-])c1)c1cccs1. The first kappa shape index (κ1) is 19.1. The van der Waals surface area contributed by atoms with Crippen molar-refractivity contribution in [3.05, 3.63) is 62.6 Å². The zero-order chi connectivity index (χ0) is 19.4. The van der Waals surface area contributed by atoms with E-state index in [4.69, 9.17) is 0 Å². The van der Waals surface area contributed by atoms with Gasteiger partial charge >= 0.3 is 0 Å². The molecule has 0 spiro atoms. The summed E-state index contributed by atoms with van der Waals surface area (Å²) in [5.74, 6) is -0.339. The standard InChI is InChI=1S/C17H17N5O3S2/c1-3-12(14-5-4-8-26-14)19-16(23)11-6-7-15(13(9-11)22(24)25)27-17-20-18-10-21(17)2/h4-10,12H,3H2,1-2H3,(H,19,23). The summed E-state index contributed by atoms with van der Waals surface area (Å²) in [5.41, 5.74) is 0.110. The molecule has 0 fully saturated rings. The highest BCUT2D eigenvalue weighted by Crippen LogP contribution is 2.34. The predicted octanol–water partition coefficient (Wildman–Crippen LogP) is 3.82. The van der Waals surface area contributed by atoms with E-state index in [1.54, 1.807) is 35.1 Å². The van der Waals surface area contributed by atoms with Crippen LogP contribution in [0, 0.1) is 10.1 Å². The van der Waals surface area contributed by atoms with Crippen molar-refractivity contribution < 1.29 is 9.72 Å². The summed E-state index contributed by atoms with van der Waals surface area (Å²) < 4.78 is 1.67. The molecule has 3 aromatic rings. The maximum atomic E-state index is 12.6. The van der Waals surface area contributed by atoms with Gasteiger partial charge in [0.15, 0.2) is 5.16 Å². The molecule has 2 aromatic heterocycles. The maximum Gasteiger partial charge on any atom is 0.284 e. The Morgan fingerprint density at radius 1 is 1.44 bits per heavy atom. The number of nitrogens with one attached hydrogen (secondary N) is 1. The highest BCUT2D eigenvalue weighted by atomic mass is 32.2. The summed E-state index contributed by atoms with van der Waals surface area (Å²) in [6.45, 7) is 1.98. The van der Waals surface area contributed by atoms with Crippen molar-refractivity contribution in [3.63, 3.8) is 0 Å². The molecule has 1 atom stereocenters. The van der Waals surface area contributed by atoms with Crippen LogP contribution >= 0.6 is 23.1 Å². The number of nitrogens with zero attached hydrogens (tertiary/aromatic N) is 4. The Balaban J connectivity index is 1.83. The third-order valence-electron chi connectivity index (χ3n) is 3.89. The van der Waals surface area contributed by atoms with Crippen molar-refractivity contribution in [2.24, 2.45) is 7.05 Å². The summed E-state index contributed by atoms with van der Waals surface area (Å²) in [6.07, 6.45) is 2.25. The average Bonchev–Trinajstić information content (AvgIpc) is 3.32. The fourth-order valence-electron chi connectivity index (χ4n) is 2.46. The largest absolute Gasteiger partial charge is 0.344 e. The zero-order valence-electron chi connectivity index (χ0n) is 14.7. The third kappa shape index (κ3) is 4.34. The lowest BCUT2D eigenvalue weighted by Crippen LogP contribution is -2.27. The van der Waals surface area contributed by atoms with Crippen LogP contribution in [0.4, 0.5) is 5.69 Å². The fraction of sp³-hybridized carbons (Fsp3) is 0.235. The van der Waals surface area contributed by atoms with Crippen LogP contribution in [0.25, 0.3) is 0 Å². The van der Waals surface area contributed by atoms with Crippen molar-refractivity contribution in [3.8, 4) is 0 Å². The van der Waals surface area contributed by atoms with E-state index in [1.807, 2.05) is 24.4 Å². The topological polar surface area (TPSA) is 103 Å². The van der Waals surface area contributed by atoms with E-state index < -0.39 is 4.92 Å². The molecule has 1 amide bonds. The van der Waals surface area contributed by atoms with Gasteiger partial charge in [0.1, 0.15) is 6.33 Å². The minimum atomic E-state index is -0.494. The molecule has 1 unspecified atom stereocenters. The summed E-state index contributed by atoms with van der Waals surface area (Å²) in [6, 6.07) is 8.22. The first-order valence-corrected chi connectivity index (χ1v) is 9.83. The monoisotopic (exact) mass is 403 g/mol. The number of carbonyl (C=O) groups is 1. The minimum Gasteiger partial charge on any atom is -0.344 e. The first-order chi connectivity index (χ1) is 13.0. The highest BCUT2D eigenvalue weighted by Gasteiger charge is 2.21. The molecule has 0 radical (unpaired) electrons. The van der Waals surface area contributed by atoms with Gasteiger partial charge in [-0.2, -0.15) is 0 Å². The molecule has 0 aliphatic carbocycles. The molecule has 0 aliphatic rings. The summed E-state index contributed by atoms with van der Waals surface area (Å²) in [4.78, 5) is 25.1. The molecule has 3 rings (SSSR count). The van der Waals surface area contributed by atoms with E-state index in [0.717, 1.165) is 23.1 Å². The van der Waals surface area contributed by atoms with Gasteiger partial charge in [0.05, 0.1) is 15.9 Å². The number of amides is 1. The van der Waals surface area contributed by atoms with Crippen molar-refractivity contribution in [2.75, 3.05) is 0 Å². The van der Waals surface area contributed by atoms with Gasteiger partial charge in [-0.15, -0.1) is 21.5 Å². The molecular weight excluding hydrogens is 386 g/mol. The van der Waals surface area contributed by atoms with Crippen molar-refractivity contribution in [1.82, 2.24) is 20.1 Å². The second kappa shape index (κ2) is 8.31. The van der Waals surface area contributed by atoms with Gasteiger partial charge in [-0.25, -0.2) is 0 Å². The summed E-state index contributed by atoms with van der Waals surface area (Å²) >= 11 is 2.70. The van der Waals surface area contributed by atoms with Crippen molar-refractivity contribution in [1.29, 1.82) is 0 Å². The number of hydrogen-bond acceptors (Lipinski definition) is 7. The quantitative estimate of drug-likeness (QED) is 0.475. The summed E-state index contributed by atoms with van der Waals surface area (Å²) in [5, 5.41) is 24.6. The second-order valence-electron chi connectivity index (χ2n) is 5.72. The van der Waals surface area contributed by atoms with E-state index >= 15 is 0 Å². The first-order valence-electron chi connectivity index (χ1n) is 8.14. The van der Waals surface area contributed by atoms with Gasteiger partial charge in [0.2, 0.25) is 0 Å². The van der Waals surface area contributed by atoms with Crippen LogP contribution in [0.15, 0.2) is 52.1 Å². The van der Waals surface area contributed by atoms with Crippen LogP contribution in [-0.2, 0) is 7.05 Å². The smallest absolute Gasteiger partial charge is 0.284 e. The molecule has 10 heteroatoms. The zero-order valence-corrected chi connectivity index (χ0v) is 16.3. The van der Waals surface area contributed by atoms with Crippen LogP contribution in [0.1, 0.15) is 34.6 Å². The second-order valence-corrected chi connectivity index (χ2v) is 7.70. The number of benzene rings is 1. The molecule has 0 aliphatic heterocycles. The Hall–Kier alpha value is -2.72. The molecule has 2 heterocycles. The van der Waals surface area contributed by atoms with E-state index in [9.17, 15) is 14.9 Å². The van der Waals surface area contributed by atoms with Gasteiger partial charge in [-0.05, 0) is 41.8 Å². The number of nitro benzene ring substituents is 1. The number of aryl methyl sites for hydroxylation is 1. The maximum absolute atomic E-state index is 12.6. The Morgan fingerprint density at radius 3 is 2.85 bits per heavy atom. The molecule has 140 valence electrons. The lowest BCUT2D eigenvalue weighted by Gasteiger charge is -2.15. The number of nitro groups is 1. The molecule has 8 nitrogen and oxygen atoms in total. The number of carbonyl (C=O) groups excluding carboxylic acids is 1. The molecule has 1 N–H and O–H groups in total. The fourth-order valence-corrected chi connectivity index (χ4v) is 4.17. The van der Waals surface area contributed by atoms with Gasteiger partial charge in [0, 0.05) is 23.6 Å². The van der Waals surface area contributed by atoms with Gasteiger partial charge < -0.3 is 9.88 Å². The van der Waals surface area contributed by atoms with Gasteiger partial charge in [-0.3, -0.25) is 14.9 Å². The van der Waals surface area contributed by atoms with Gasteiger partial charge in [0.25, 0.3) is 11.6 Å². The Kier molecular flexibility index (Phi) is 5.87. The Labute approximate surface area is 163 Å². The Morgan fingerprint density at radius 2 is 2.26 bits per heavy atom. The molecule has 0 saturated carbocycles. The van der Waals surface area contributed by atoms with E-state index in [2.05, 4.69) is 15.5 Å². The van der Waals surface area contributed by atoms with Crippen molar-refractivity contribution >= 4 is 34.7 Å². The van der Waals surface area contributed by atoms with E-state index in [-0.39, 0.29) is 23.2 Å². The molecule has 27 heavy (non-hydrogen) atoms. The van der Waals surface area contributed by atoms with E-state index in [0.29, 0.717) is 10.1 Å².